The topological polar surface area (TPSA) is 127 Å². The Morgan fingerprint density at radius 2 is 0.437 bits per heavy atom. The van der Waals surface area contributed by atoms with Crippen LogP contribution in [0.5, 0.6) is 0 Å². The number of nitrogens with zero attached hydrogens (tertiary/aromatic N) is 6. The van der Waals surface area contributed by atoms with E-state index in [-0.39, 0.29) is 0 Å². The fourth-order valence-electron chi connectivity index (χ4n) is 10.4. The number of rotatable bonds is 13. The molecule has 0 unspecified atom stereocenters. The minimum atomic E-state index is -1.34. The second-order valence-corrected chi connectivity index (χ2v) is 84.8. The fraction of sp³-hybridized carbons (Fsp3) is 0.0526. The molecule has 0 radical (unpaired) electrons. The third-order valence-corrected chi connectivity index (χ3v) is 88.0. The molecular formula is C76H55BBr2N6O3S38. The molecule has 16 rings (SSSR count). The largest absolute Gasteiger partial charge is 0.488 e. The van der Waals surface area contributed by atoms with Crippen molar-refractivity contribution < 1.29 is 14.8 Å². The minimum absolute atomic E-state index is 0.525. The van der Waals surface area contributed by atoms with Crippen molar-refractivity contribution in [1.82, 2.24) is 29.9 Å². The van der Waals surface area contributed by atoms with E-state index in [1.807, 2.05) is 221 Å². The van der Waals surface area contributed by atoms with E-state index in [1.165, 1.54) is 30.6 Å². The van der Waals surface area contributed by atoms with Gasteiger partial charge in [-0.2, -0.15) is 0 Å². The highest BCUT2D eigenvalue weighted by Gasteiger charge is 2.29. The lowest BCUT2D eigenvalue weighted by atomic mass is 9.81. The van der Waals surface area contributed by atoms with E-state index in [9.17, 15) is 0 Å². The van der Waals surface area contributed by atoms with E-state index in [4.69, 9.17) is 67.1 Å². The number of halogens is 2. The molecule has 0 saturated carbocycles. The summed E-state index contributed by atoms with van der Waals surface area (Å²) in [6.07, 6.45) is 2.56. The summed E-state index contributed by atoms with van der Waals surface area (Å²) < 4.78 is 6.88. The zero-order valence-corrected chi connectivity index (χ0v) is 97.3. The van der Waals surface area contributed by atoms with Crippen LogP contribution in [0.25, 0.3) is 128 Å². The molecule has 0 bridgehead atoms. The molecule has 652 valence electrons. The van der Waals surface area contributed by atoms with Crippen LogP contribution in [0, 0.1) is 0 Å². The summed E-state index contributed by atoms with van der Waals surface area (Å²) in [5.41, 5.74) is 14.6. The van der Waals surface area contributed by atoms with Crippen molar-refractivity contribution >= 4 is 401 Å². The Hall–Kier alpha value is -1.30. The average Bonchev–Trinajstić information content (AvgIpc) is 1.60. The molecule has 1 saturated heterocycles. The van der Waals surface area contributed by atoms with Crippen molar-refractivity contribution in [3.05, 3.63) is 281 Å². The maximum atomic E-state index is 8.58. The van der Waals surface area contributed by atoms with Crippen LogP contribution >= 0.6 is 99.9 Å². The van der Waals surface area contributed by atoms with Gasteiger partial charge in [-0.3, -0.25) is 0 Å². The molecule has 9 nitrogen and oxygen atoms in total. The highest BCUT2D eigenvalue weighted by molar-refractivity contribution is 9.11. The molecule has 7 heterocycles. The third kappa shape index (κ3) is 34.7. The number of hydrogen-bond donors (Lipinski definition) is 2. The van der Waals surface area contributed by atoms with Gasteiger partial charge in [0.2, 0.25) is 0 Å². The van der Waals surface area contributed by atoms with E-state index in [2.05, 4.69) is 202 Å². The van der Waals surface area contributed by atoms with Crippen molar-refractivity contribution in [3.8, 4) is 128 Å². The number of ether oxygens (including phenoxy) is 1. The molecule has 1 aliphatic heterocycles. The van der Waals surface area contributed by atoms with Gasteiger partial charge in [0.15, 0.2) is 0 Å². The van der Waals surface area contributed by atoms with Crippen molar-refractivity contribution in [3.63, 3.8) is 0 Å². The SMILES string of the molecule is Brc1sc(-c2ccccc2)nc1-c1nc(-c2ccccc2)sc1-c1nc(-c2ccccc2)sc1Br.C1CCOC1.OB(O)c1ccccc1.S=S=S=S=S=S=S=S=S=S=S=S=S=S=S=S=S=S=S=S=S=S=S=S=S=S=S=S=S=S=S=S.c1ccc(-c2nc(-c3nc(-c4ccccc4)sc3-c3nc(-c4ccccc4)sc3-c3ccccc3)c(-c3ccccc3)s2)cc1. The smallest absolute Gasteiger partial charge is 0.423 e. The fourth-order valence-corrected chi connectivity index (χ4v) is 94.9. The molecule has 9 aromatic carbocycles. The van der Waals surface area contributed by atoms with Gasteiger partial charge in [0.1, 0.15) is 64.2 Å². The van der Waals surface area contributed by atoms with E-state index in [0.717, 1.165) is 149 Å². The molecule has 1 aliphatic rings. The van der Waals surface area contributed by atoms with Crippen molar-refractivity contribution in [2.75, 3.05) is 13.2 Å². The van der Waals surface area contributed by atoms with E-state index in [1.54, 1.807) is 199 Å². The Bertz CT molecular complexity index is 7330. The molecule has 0 amide bonds. The number of hydrogen-bond acceptors (Lipinski definition) is 17. The number of aromatic nitrogens is 6. The van der Waals surface area contributed by atoms with Crippen LogP contribution in [0.2, 0.25) is 0 Å². The van der Waals surface area contributed by atoms with Gasteiger partial charge in [0.05, 0.1) is 27.1 Å². The van der Waals surface area contributed by atoms with Crippen LogP contribution in [0.3, 0.4) is 0 Å². The Kier molecular flexibility index (Phi) is 50.2. The molecule has 0 atom stereocenters. The van der Waals surface area contributed by atoms with E-state index >= 15 is 0 Å². The Morgan fingerprint density at radius 3 is 0.698 bits per heavy atom. The highest BCUT2D eigenvalue weighted by Crippen LogP contribution is 2.52. The molecule has 50 heteroatoms. The first-order chi connectivity index (χ1) is 62.2. The minimum Gasteiger partial charge on any atom is -0.423 e. The summed E-state index contributed by atoms with van der Waals surface area (Å²) in [5.74, 6) is 0. The Morgan fingerprint density at radius 1 is 0.238 bits per heavy atom. The zero-order chi connectivity index (χ0) is 87.2. The molecule has 6 aromatic heterocycles. The van der Waals surface area contributed by atoms with Gasteiger partial charge in [-0.05, 0) is 61.3 Å². The zero-order valence-electron chi connectivity index (χ0n) is 63.1. The van der Waals surface area contributed by atoms with Gasteiger partial charge in [0.25, 0.3) is 0 Å². The van der Waals surface area contributed by atoms with Crippen LogP contribution in [0.4, 0.5) is 0 Å². The molecule has 1 fully saturated rings. The van der Waals surface area contributed by atoms with Gasteiger partial charge >= 0.3 is 7.12 Å². The van der Waals surface area contributed by atoms with Crippen LogP contribution in [0.1, 0.15) is 12.8 Å². The van der Waals surface area contributed by atoms with Crippen molar-refractivity contribution in [2.45, 2.75) is 12.8 Å². The summed E-state index contributed by atoms with van der Waals surface area (Å²) in [7, 11) is 51.4. The molecule has 126 heavy (non-hydrogen) atoms. The molecule has 0 spiro atoms. The Balaban J connectivity index is 0.000000161. The van der Waals surface area contributed by atoms with Crippen LogP contribution in [-0.2, 0) is 294 Å². The van der Waals surface area contributed by atoms with Gasteiger partial charge in [-0.25, -0.2) is 29.9 Å². The highest BCUT2D eigenvalue weighted by atomic mass is 79.9. The van der Waals surface area contributed by atoms with Crippen molar-refractivity contribution in [1.29, 1.82) is 0 Å². The predicted molar refractivity (Wildman–Crippen MR) is 640 cm³/mol. The van der Waals surface area contributed by atoms with E-state index < -0.39 is 7.12 Å². The number of thiazole rings is 6. The lowest BCUT2D eigenvalue weighted by molar-refractivity contribution is 0.198. The summed E-state index contributed by atoms with van der Waals surface area (Å²) in [6.45, 7) is 2.00. The lowest BCUT2D eigenvalue weighted by Crippen LogP contribution is -2.29. The monoisotopic (exact) mass is 2480 g/mol. The average molecular weight is 2490 g/mol. The maximum absolute atomic E-state index is 8.58. The Labute approximate surface area is 865 Å². The molecular weight excluding hydrogens is 2430 g/mol. The standard InChI is InChI=1S/C39H25N3S3.C27H15Br2N3S3.C6H7BO2.C4H8O.S32/c1-6-16-26(17-7-1)34-31(40-37(43-34)28-20-10-3-11-21-28)32-36(45-38(41-32)29-22-12-4-13-23-29)33-35(27-18-8-2-9-19-27)44-39(42-33)30-24-14-5-15-25-30;28-23-20(31-26(34-23)17-12-6-2-7-13-17)19-22(33-25(30-19)16-10-4-1-5-11-16)21-24(29)35-27(32-21)18-14-8-3-9-15-18;8-7(9)6-4-2-1-3-5-6;1-2-4-5-3-1;1-3-5-7-9-11-13-15-17-19-21-23-25-27-29-31-32-30-28-26-24-22-20-18-16-14-12-10-8-6-4-2/h1-25H;1-15H;1-5,8-9H;1-4H2;. The van der Waals surface area contributed by atoms with Gasteiger partial charge in [-0.15, -0.1) is 68.0 Å². The summed E-state index contributed by atoms with van der Waals surface area (Å²) in [6, 6.07) is 91.7. The third-order valence-electron chi connectivity index (χ3n) is 15.5. The molecule has 15 aromatic rings. The summed E-state index contributed by atoms with van der Waals surface area (Å²) >= 11 is 27.2. The van der Waals surface area contributed by atoms with Crippen LogP contribution < -0.4 is 5.46 Å². The first kappa shape index (κ1) is 104. The number of benzene rings is 9. The predicted octanol–water partition coefficient (Wildman–Crippen LogP) is 21.7. The molecule has 2 N–H and O–H groups in total. The van der Waals surface area contributed by atoms with Gasteiger partial charge < -0.3 is 14.8 Å². The van der Waals surface area contributed by atoms with Crippen LogP contribution in [0.15, 0.2) is 281 Å². The second-order valence-electron chi connectivity index (χ2n) is 23.1. The summed E-state index contributed by atoms with van der Waals surface area (Å²) in [4.78, 5) is 35.4. The van der Waals surface area contributed by atoms with Gasteiger partial charge in [0, 0.05) is 335 Å². The first-order valence-electron chi connectivity index (χ1n) is 35.3. The maximum Gasteiger partial charge on any atom is 0.488 e. The second kappa shape index (κ2) is 61.0. The normalized spacial score (nSPS) is 10.6. The quantitative estimate of drug-likeness (QED) is 0.107. The first-order valence-corrected chi connectivity index (χ1v) is 83.1. The lowest BCUT2D eigenvalue weighted by Gasteiger charge is -2.04. The summed E-state index contributed by atoms with van der Waals surface area (Å²) in [5, 5.41) is 22.9. The van der Waals surface area contributed by atoms with Gasteiger partial charge in [-0.1, -0.05) is 273 Å². The molecule has 0 aliphatic carbocycles. The van der Waals surface area contributed by atoms with Crippen LogP contribution in [-0.4, -0.2) is 60.3 Å². The van der Waals surface area contributed by atoms with Crippen molar-refractivity contribution in [2.24, 2.45) is 0 Å². The van der Waals surface area contributed by atoms with E-state index in [0.29, 0.717) is 5.46 Å².